The fraction of sp³-hybridized carbons (Fsp3) is 0.350. The second-order valence-electron chi connectivity index (χ2n) is 6.11. The third kappa shape index (κ3) is 7.37. The summed E-state index contributed by atoms with van der Waals surface area (Å²) < 4.78 is 0. The average molecular weight is 342 g/mol. The van der Waals surface area contributed by atoms with Gasteiger partial charge in [0, 0.05) is 6.54 Å². The molecule has 2 atom stereocenters. The van der Waals surface area contributed by atoms with Gasteiger partial charge in [0.25, 0.3) is 0 Å². The van der Waals surface area contributed by atoms with E-state index in [9.17, 15) is 9.90 Å². The first-order chi connectivity index (χ1) is 12.1. The molecule has 0 saturated carbocycles. The number of rotatable bonds is 10. The Bertz CT molecular complexity index is 619. The first-order valence-electron chi connectivity index (χ1n) is 8.61. The highest BCUT2D eigenvalue weighted by Gasteiger charge is 2.21. The van der Waals surface area contributed by atoms with Crippen LogP contribution in [0.15, 0.2) is 60.7 Å². The van der Waals surface area contributed by atoms with Gasteiger partial charge in [-0.2, -0.15) is 0 Å². The molecule has 1 amide bonds. The molecule has 4 N–H and O–H groups in total. The lowest BCUT2D eigenvalue weighted by molar-refractivity contribution is 0.118. The highest BCUT2D eigenvalue weighted by molar-refractivity contribution is 5.65. The smallest absolute Gasteiger partial charge is 0.404 e. The Kier molecular flexibility index (Phi) is 7.95. The summed E-state index contributed by atoms with van der Waals surface area (Å²) in [6.45, 7) is 1.13. The molecule has 0 radical (unpaired) electrons. The topological polar surface area (TPSA) is 81.6 Å². The van der Waals surface area contributed by atoms with Gasteiger partial charge in [0.2, 0.25) is 0 Å². The zero-order valence-electron chi connectivity index (χ0n) is 14.3. The van der Waals surface area contributed by atoms with E-state index in [1.54, 1.807) is 0 Å². The lowest BCUT2D eigenvalue weighted by atomic mass is 10.0. The van der Waals surface area contributed by atoms with E-state index in [0.717, 1.165) is 24.9 Å². The Hall–Kier alpha value is -2.37. The molecule has 0 aliphatic heterocycles. The molecule has 5 heteroatoms. The number of hydrogen-bond donors (Lipinski definition) is 4. The summed E-state index contributed by atoms with van der Waals surface area (Å²) in [6.07, 6.45) is 0.495. The highest BCUT2D eigenvalue weighted by atomic mass is 16.4. The zero-order valence-corrected chi connectivity index (χ0v) is 14.3. The van der Waals surface area contributed by atoms with Crippen molar-refractivity contribution in [2.24, 2.45) is 0 Å². The van der Waals surface area contributed by atoms with Gasteiger partial charge < -0.3 is 20.8 Å². The van der Waals surface area contributed by atoms with Gasteiger partial charge in [0.1, 0.15) is 0 Å². The van der Waals surface area contributed by atoms with Crippen molar-refractivity contribution >= 4 is 6.09 Å². The molecular formula is C20H26N2O3. The highest BCUT2D eigenvalue weighted by Crippen LogP contribution is 2.07. The van der Waals surface area contributed by atoms with Gasteiger partial charge in [0.05, 0.1) is 12.1 Å². The minimum Gasteiger partial charge on any atom is -0.465 e. The maximum absolute atomic E-state index is 11.0. The van der Waals surface area contributed by atoms with Crippen molar-refractivity contribution < 1.29 is 15.0 Å². The van der Waals surface area contributed by atoms with Crippen LogP contribution in [0.2, 0.25) is 0 Å². The van der Waals surface area contributed by atoms with Crippen LogP contribution in [-0.4, -0.2) is 41.5 Å². The van der Waals surface area contributed by atoms with E-state index in [2.05, 4.69) is 22.8 Å². The van der Waals surface area contributed by atoms with Crippen LogP contribution < -0.4 is 10.6 Å². The largest absolute Gasteiger partial charge is 0.465 e. The predicted octanol–water partition coefficient (Wildman–Crippen LogP) is 2.45. The molecule has 0 unspecified atom stereocenters. The standard InChI is InChI=1S/C20H26N2O3/c23-19(15-21-13-7-12-16-8-3-1-4-9-16)18(22-20(24)25)14-17-10-5-2-6-11-17/h1-6,8-11,18-19,21-23H,7,12-15H2,(H,24,25)/t18-,19+/m0/s1. The van der Waals surface area contributed by atoms with Gasteiger partial charge in [-0.15, -0.1) is 0 Å². The summed E-state index contributed by atoms with van der Waals surface area (Å²) >= 11 is 0. The van der Waals surface area contributed by atoms with E-state index in [4.69, 9.17) is 5.11 Å². The van der Waals surface area contributed by atoms with E-state index in [1.165, 1.54) is 5.56 Å². The Morgan fingerprint density at radius 1 is 0.960 bits per heavy atom. The third-order valence-electron chi connectivity index (χ3n) is 4.09. The molecule has 0 heterocycles. The summed E-state index contributed by atoms with van der Waals surface area (Å²) in [4.78, 5) is 11.0. The second kappa shape index (κ2) is 10.5. The molecule has 134 valence electrons. The van der Waals surface area contributed by atoms with Crippen LogP contribution in [-0.2, 0) is 12.8 Å². The Balaban J connectivity index is 1.74. The Labute approximate surface area is 148 Å². The quantitative estimate of drug-likeness (QED) is 0.500. The molecule has 2 aromatic rings. The molecule has 0 aromatic heterocycles. The number of aliphatic hydroxyl groups is 1. The molecule has 2 rings (SSSR count). The number of benzene rings is 2. The van der Waals surface area contributed by atoms with E-state index in [1.807, 2.05) is 48.5 Å². The normalized spacial score (nSPS) is 13.2. The van der Waals surface area contributed by atoms with Crippen LogP contribution in [0.3, 0.4) is 0 Å². The maximum Gasteiger partial charge on any atom is 0.404 e. The van der Waals surface area contributed by atoms with E-state index in [0.29, 0.717) is 13.0 Å². The van der Waals surface area contributed by atoms with E-state index >= 15 is 0 Å². The maximum atomic E-state index is 11.0. The second-order valence-corrected chi connectivity index (χ2v) is 6.11. The summed E-state index contributed by atoms with van der Waals surface area (Å²) in [5.74, 6) is 0. The fourth-order valence-corrected chi connectivity index (χ4v) is 2.76. The van der Waals surface area contributed by atoms with Gasteiger partial charge in [-0.25, -0.2) is 4.79 Å². The van der Waals surface area contributed by atoms with Gasteiger partial charge in [-0.05, 0) is 36.9 Å². The summed E-state index contributed by atoms with van der Waals surface area (Å²) in [7, 11) is 0. The van der Waals surface area contributed by atoms with E-state index in [-0.39, 0.29) is 0 Å². The van der Waals surface area contributed by atoms with Crippen molar-refractivity contribution in [1.29, 1.82) is 0 Å². The minimum absolute atomic E-state index is 0.354. The molecule has 0 bridgehead atoms. The van der Waals surface area contributed by atoms with Gasteiger partial charge in [0.15, 0.2) is 0 Å². The Morgan fingerprint density at radius 3 is 2.16 bits per heavy atom. The first-order valence-corrected chi connectivity index (χ1v) is 8.61. The number of amides is 1. The zero-order chi connectivity index (χ0) is 17.9. The minimum atomic E-state index is -1.12. The number of nitrogens with one attached hydrogen (secondary N) is 2. The molecule has 0 aliphatic carbocycles. The van der Waals surface area contributed by atoms with Crippen LogP contribution in [0.25, 0.3) is 0 Å². The lowest BCUT2D eigenvalue weighted by Crippen LogP contribution is -2.48. The van der Waals surface area contributed by atoms with Crippen molar-refractivity contribution in [3.8, 4) is 0 Å². The van der Waals surface area contributed by atoms with Crippen molar-refractivity contribution in [3.05, 3.63) is 71.8 Å². The molecule has 5 nitrogen and oxygen atoms in total. The molecule has 2 aromatic carbocycles. The number of carbonyl (C=O) groups is 1. The average Bonchev–Trinajstić information content (AvgIpc) is 2.62. The van der Waals surface area contributed by atoms with Crippen LogP contribution in [0.1, 0.15) is 17.5 Å². The molecule has 0 aliphatic rings. The van der Waals surface area contributed by atoms with Crippen molar-refractivity contribution in [2.45, 2.75) is 31.4 Å². The molecule has 0 fully saturated rings. The SMILES string of the molecule is O=C(O)N[C@@H](Cc1ccccc1)[C@H](O)CNCCCc1ccccc1. The van der Waals surface area contributed by atoms with Crippen molar-refractivity contribution in [2.75, 3.05) is 13.1 Å². The first kappa shape index (κ1) is 19.0. The van der Waals surface area contributed by atoms with E-state index < -0.39 is 18.2 Å². The molecule has 25 heavy (non-hydrogen) atoms. The van der Waals surface area contributed by atoms with Crippen LogP contribution in [0.5, 0.6) is 0 Å². The molecule has 0 spiro atoms. The lowest BCUT2D eigenvalue weighted by Gasteiger charge is -2.23. The van der Waals surface area contributed by atoms with Crippen molar-refractivity contribution in [3.63, 3.8) is 0 Å². The van der Waals surface area contributed by atoms with Crippen LogP contribution >= 0.6 is 0 Å². The fourth-order valence-electron chi connectivity index (χ4n) is 2.76. The summed E-state index contributed by atoms with van der Waals surface area (Å²) in [5, 5.41) is 25.0. The monoisotopic (exact) mass is 342 g/mol. The Morgan fingerprint density at radius 2 is 1.56 bits per heavy atom. The number of hydrogen-bond acceptors (Lipinski definition) is 3. The predicted molar refractivity (Wildman–Crippen MR) is 98.7 cm³/mol. The van der Waals surface area contributed by atoms with Gasteiger partial charge in [-0.3, -0.25) is 0 Å². The number of aliphatic hydroxyl groups excluding tert-OH is 1. The van der Waals surface area contributed by atoms with Crippen molar-refractivity contribution in [1.82, 2.24) is 10.6 Å². The van der Waals surface area contributed by atoms with Gasteiger partial charge >= 0.3 is 6.09 Å². The van der Waals surface area contributed by atoms with Crippen LogP contribution in [0.4, 0.5) is 4.79 Å². The molecular weight excluding hydrogens is 316 g/mol. The van der Waals surface area contributed by atoms with Crippen LogP contribution in [0, 0.1) is 0 Å². The number of aryl methyl sites for hydroxylation is 1. The summed E-state index contributed by atoms with van der Waals surface area (Å²) in [6, 6.07) is 19.3. The van der Waals surface area contributed by atoms with Gasteiger partial charge in [-0.1, -0.05) is 60.7 Å². The molecule has 0 saturated heterocycles. The number of carboxylic acid groups (broad SMARTS) is 1. The third-order valence-corrected chi connectivity index (χ3v) is 4.09. The summed E-state index contributed by atoms with van der Waals surface area (Å²) in [5.41, 5.74) is 2.28.